The number of para-hydroxylation sites is 3. The minimum Gasteiger partial charge on any atom is -0.452 e. The van der Waals surface area contributed by atoms with E-state index < -0.39 is 0 Å². The minimum atomic E-state index is 0.782. The Labute approximate surface area is 247 Å². The van der Waals surface area contributed by atoms with Crippen molar-refractivity contribution in [3.63, 3.8) is 0 Å². The highest BCUT2D eigenvalue weighted by molar-refractivity contribution is 6.21. The molecule has 4 nitrogen and oxygen atoms in total. The molecule has 9 aromatic rings. The van der Waals surface area contributed by atoms with Gasteiger partial charge < -0.3 is 13.9 Å². The molecule has 4 heteroatoms. The lowest BCUT2D eigenvalue weighted by Crippen LogP contribution is -2.10. The first kappa shape index (κ1) is 23.8. The van der Waals surface area contributed by atoms with Gasteiger partial charge in [0, 0.05) is 39.4 Å². The Balaban J connectivity index is 1.31. The van der Waals surface area contributed by atoms with Crippen molar-refractivity contribution in [1.29, 1.82) is 0 Å². The molecular formula is C39H25N3O. The van der Waals surface area contributed by atoms with Crippen molar-refractivity contribution >= 4 is 71.7 Å². The predicted molar refractivity (Wildman–Crippen MR) is 178 cm³/mol. The zero-order chi connectivity index (χ0) is 28.3. The lowest BCUT2D eigenvalue weighted by atomic mass is 10.0. The SMILES string of the molecule is c1ccc(N(c2cccc(-n3c4ccccc4c4c5ccccc5ccc43)c2)c2cccc3c2oc2cccnc23)cc1. The van der Waals surface area contributed by atoms with Gasteiger partial charge in [0.15, 0.2) is 11.2 Å². The van der Waals surface area contributed by atoms with Crippen molar-refractivity contribution in [2.75, 3.05) is 4.90 Å². The summed E-state index contributed by atoms with van der Waals surface area (Å²) in [5, 5.41) is 6.04. The number of pyridine rings is 1. The van der Waals surface area contributed by atoms with E-state index in [0.717, 1.165) is 44.8 Å². The van der Waals surface area contributed by atoms with Crippen LogP contribution in [0.2, 0.25) is 0 Å². The molecule has 202 valence electrons. The Hall–Kier alpha value is -5.87. The van der Waals surface area contributed by atoms with Crippen LogP contribution in [0.1, 0.15) is 0 Å². The second-order valence-electron chi connectivity index (χ2n) is 10.8. The molecule has 9 rings (SSSR count). The van der Waals surface area contributed by atoms with Crippen LogP contribution in [-0.2, 0) is 0 Å². The molecule has 0 atom stereocenters. The molecule has 0 aliphatic rings. The molecule has 0 bridgehead atoms. The summed E-state index contributed by atoms with van der Waals surface area (Å²) in [7, 11) is 0. The molecule has 0 amide bonds. The third-order valence-electron chi connectivity index (χ3n) is 8.40. The zero-order valence-electron chi connectivity index (χ0n) is 23.2. The Kier molecular flexibility index (Phi) is 5.16. The van der Waals surface area contributed by atoms with Gasteiger partial charge in [-0.05, 0) is 77.5 Å². The normalized spacial score (nSPS) is 11.7. The summed E-state index contributed by atoms with van der Waals surface area (Å²) in [6, 6.07) is 51.2. The molecular weight excluding hydrogens is 526 g/mol. The number of aromatic nitrogens is 2. The highest BCUT2D eigenvalue weighted by Crippen LogP contribution is 2.43. The van der Waals surface area contributed by atoms with Gasteiger partial charge in [-0.1, -0.05) is 78.9 Å². The number of fused-ring (bicyclic) bond motifs is 8. The average molecular weight is 552 g/mol. The lowest BCUT2D eigenvalue weighted by Gasteiger charge is -2.26. The molecule has 0 fully saturated rings. The summed E-state index contributed by atoms with van der Waals surface area (Å²) in [6.45, 7) is 0. The van der Waals surface area contributed by atoms with Gasteiger partial charge in [-0.2, -0.15) is 0 Å². The molecule has 0 unspecified atom stereocenters. The van der Waals surface area contributed by atoms with Crippen LogP contribution in [0, 0.1) is 0 Å². The van der Waals surface area contributed by atoms with Crippen LogP contribution in [-0.4, -0.2) is 9.55 Å². The van der Waals surface area contributed by atoms with Gasteiger partial charge in [-0.3, -0.25) is 4.98 Å². The number of hydrogen-bond donors (Lipinski definition) is 0. The second-order valence-corrected chi connectivity index (χ2v) is 10.8. The molecule has 0 spiro atoms. The third-order valence-corrected chi connectivity index (χ3v) is 8.40. The fourth-order valence-electron chi connectivity index (χ4n) is 6.57. The summed E-state index contributed by atoms with van der Waals surface area (Å²) in [5.74, 6) is 0. The summed E-state index contributed by atoms with van der Waals surface area (Å²) in [6.07, 6.45) is 1.82. The van der Waals surface area contributed by atoms with E-state index in [1.54, 1.807) is 0 Å². The summed E-state index contributed by atoms with van der Waals surface area (Å²) in [5.41, 5.74) is 8.99. The second kappa shape index (κ2) is 9.33. The highest BCUT2D eigenvalue weighted by Gasteiger charge is 2.21. The fraction of sp³-hybridized carbons (Fsp3) is 0. The van der Waals surface area contributed by atoms with E-state index in [0.29, 0.717) is 0 Å². The first-order chi connectivity index (χ1) is 21.3. The van der Waals surface area contributed by atoms with E-state index in [-0.39, 0.29) is 0 Å². The minimum absolute atomic E-state index is 0.782. The standard InChI is InChI=1S/C39H25N3O/c1-2-12-27(13-3-1)41(35-20-9-18-32-38-36(43-39(32)35)21-10-24-40-38)28-14-8-15-29(25-28)42-33-19-7-6-17-31(33)37-30-16-5-4-11-26(30)22-23-34(37)42/h1-25H. The third kappa shape index (κ3) is 3.60. The van der Waals surface area contributed by atoms with Gasteiger partial charge in [-0.25, -0.2) is 0 Å². The van der Waals surface area contributed by atoms with E-state index in [2.05, 4.69) is 142 Å². The van der Waals surface area contributed by atoms with Crippen LogP contribution in [0.15, 0.2) is 156 Å². The molecule has 3 aromatic heterocycles. The molecule has 0 saturated carbocycles. The van der Waals surface area contributed by atoms with Crippen LogP contribution in [0.5, 0.6) is 0 Å². The van der Waals surface area contributed by atoms with Crippen LogP contribution < -0.4 is 4.90 Å². The topological polar surface area (TPSA) is 34.2 Å². The molecule has 3 heterocycles. The maximum atomic E-state index is 6.46. The largest absolute Gasteiger partial charge is 0.452 e. The first-order valence-corrected chi connectivity index (χ1v) is 14.5. The molecule has 0 saturated heterocycles. The van der Waals surface area contributed by atoms with Crippen molar-refractivity contribution in [3.8, 4) is 5.69 Å². The number of hydrogen-bond acceptors (Lipinski definition) is 3. The van der Waals surface area contributed by atoms with Gasteiger partial charge in [-0.15, -0.1) is 0 Å². The maximum Gasteiger partial charge on any atom is 0.161 e. The van der Waals surface area contributed by atoms with Crippen molar-refractivity contribution in [1.82, 2.24) is 9.55 Å². The average Bonchev–Trinajstić information content (AvgIpc) is 3.62. The zero-order valence-corrected chi connectivity index (χ0v) is 23.2. The Morgan fingerprint density at radius 1 is 0.558 bits per heavy atom. The predicted octanol–water partition coefficient (Wildman–Crippen LogP) is 10.7. The van der Waals surface area contributed by atoms with Crippen LogP contribution in [0.3, 0.4) is 0 Å². The van der Waals surface area contributed by atoms with Crippen LogP contribution in [0.25, 0.3) is 60.3 Å². The van der Waals surface area contributed by atoms with Gasteiger partial charge in [0.05, 0.1) is 16.7 Å². The number of furan rings is 1. The molecule has 0 aliphatic carbocycles. The monoisotopic (exact) mass is 551 g/mol. The maximum absolute atomic E-state index is 6.46. The van der Waals surface area contributed by atoms with Crippen molar-refractivity contribution in [2.24, 2.45) is 0 Å². The highest BCUT2D eigenvalue weighted by atomic mass is 16.3. The summed E-state index contributed by atoms with van der Waals surface area (Å²) >= 11 is 0. The Morgan fingerprint density at radius 2 is 1.33 bits per heavy atom. The van der Waals surface area contributed by atoms with Crippen LogP contribution >= 0.6 is 0 Å². The van der Waals surface area contributed by atoms with E-state index >= 15 is 0 Å². The van der Waals surface area contributed by atoms with Crippen molar-refractivity contribution in [2.45, 2.75) is 0 Å². The smallest absolute Gasteiger partial charge is 0.161 e. The molecule has 0 N–H and O–H groups in total. The number of benzene rings is 6. The molecule has 0 radical (unpaired) electrons. The number of nitrogens with zero attached hydrogens (tertiary/aromatic N) is 3. The fourth-order valence-corrected chi connectivity index (χ4v) is 6.57. The summed E-state index contributed by atoms with van der Waals surface area (Å²) < 4.78 is 8.84. The number of anilines is 3. The van der Waals surface area contributed by atoms with E-state index in [1.807, 2.05) is 24.4 Å². The van der Waals surface area contributed by atoms with E-state index in [9.17, 15) is 0 Å². The molecule has 43 heavy (non-hydrogen) atoms. The van der Waals surface area contributed by atoms with Gasteiger partial charge in [0.1, 0.15) is 5.52 Å². The van der Waals surface area contributed by atoms with Gasteiger partial charge in [0.25, 0.3) is 0 Å². The van der Waals surface area contributed by atoms with Crippen molar-refractivity contribution < 1.29 is 4.42 Å². The van der Waals surface area contributed by atoms with Crippen molar-refractivity contribution in [3.05, 3.63) is 152 Å². The summed E-state index contributed by atoms with van der Waals surface area (Å²) in [4.78, 5) is 6.90. The molecule has 0 aliphatic heterocycles. The van der Waals surface area contributed by atoms with Gasteiger partial charge in [0.2, 0.25) is 0 Å². The Morgan fingerprint density at radius 3 is 2.26 bits per heavy atom. The molecule has 6 aromatic carbocycles. The lowest BCUT2D eigenvalue weighted by molar-refractivity contribution is 0.668. The van der Waals surface area contributed by atoms with E-state index in [4.69, 9.17) is 4.42 Å². The van der Waals surface area contributed by atoms with Gasteiger partial charge >= 0.3 is 0 Å². The number of rotatable bonds is 4. The van der Waals surface area contributed by atoms with E-state index in [1.165, 1.54) is 32.6 Å². The van der Waals surface area contributed by atoms with Crippen LogP contribution in [0.4, 0.5) is 17.1 Å². The first-order valence-electron chi connectivity index (χ1n) is 14.5. The quantitative estimate of drug-likeness (QED) is 0.218. The Bertz CT molecular complexity index is 2470.